The van der Waals surface area contributed by atoms with E-state index in [0.717, 1.165) is 18.3 Å². The van der Waals surface area contributed by atoms with Crippen molar-refractivity contribution in [3.05, 3.63) is 18.2 Å². The van der Waals surface area contributed by atoms with Crippen molar-refractivity contribution >= 4 is 24.0 Å². The molecule has 0 spiro atoms. The maximum Gasteiger partial charge on any atom is 0.238 e. The molecule has 1 aliphatic carbocycles. The molecule has 1 amide bonds. The molecule has 1 heterocycles. The van der Waals surface area contributed by atoms with Crippen LogP contribution >= 0.6 is 12.4 Å². The fourth-order valence-electron chi connectivity index (χ4n) is 1.70. The fraction of sp³-hybridized carbons (Fsp3) is 0.643. The summed E-state index contributed by atoms with van der Waals surface area (Å²) >= 11 is 0. The summed E-state index contributed by atoms with van der Waals surface area (Å²) in [7, 11) is 0. The van der Waals surface area contributed by atoms with Gasteiger partial charge in [-0.25, -0.2) is 9.97 Å². The predicted octanol–water partition coefficient (Wildman–Crippen LogP) is 2.13. The molecule has 0 unspecified atom stereocenters. The zero-order chi connectivity index (χ0) is 13.9. The van der Waals surface area contributed by atoms with Crippen molar-refractivity contribution in [1.82, 2.24) is 15.3 Å². The average Bonchev–Trinajstić information content (AvgIpc) is 3.12. The summed E-state index contributed by atoms with van der Waals surface area (Å²) in [6, 6.07) is 0. The molecular weight excluding hydrogens is 276 g/mol. The molecule has 2 N–H and O–H groups in total. The van der Waals surface area contributed by atoms with Crippen LogP contribution in [0.2, 0.25) is 0 Å². The van der Waals surface area contributed by atoms with Gasteiger partial charge in [0.25, 0.3) is 0 Å². The van der Waals surface area contributed by atoms with E-state index in [1.54, 1.807) is 12.4 Å². The zero-order valence-electron chi connectivity index (χ0n) is 12.3. The Kier molecular flexibility index (Phi) is 5.89. The van der Waals surface area contributed by atoms with Gasteiger partial charge in [-0.2, -0.15) is 0 Å². The van der Waals surface area contributed by atoms with Gasteiger partial charge in [0, 0.05) is 5.41 Å². The lowest BCUT2D eigenvalue weighted by Crippen LogP contribution is -2.29. The Morgan fingerprint density at radius 2 is 1.90 bits per heavy atom. The molecule has 0 saturated heterocycles. The quantitative estimate of drug-likeness (QED) is 0.874. The molecule has 0 atom stereocenters. The van der Waals surface area contributed by atoms with Crippen molar-refractivity contribution in [3.63, 3.8) is 0 Å². The van der Waals surface area contributed by atoms with Crippen molar-refractivity contribution in [1.29, 1.82) is 0 Å². The molecule has 112 valence electrons. The Morgan fingerprint density at radius 1 is 1.30 bits per heavy atom. The van der Waals surface area contributed by atoms with Crippen LogP contribution in [0, 0.1) is 5.92 Å². The fourth-order valence-corrected chi connectivity index (χ4v) is 1.70. The van der Waals surface area contributed by atoms with Crippen molar-refractivity contribution in [3.8, 4) is 0 Å². The molecule has 1 saturated carbocycles. The van der Waals surface area contributed by atoms with E-state index in [2.05, 4.69) is 41.4 Å². The summed E-state index contributed by atoms with van der Waals surface area (Å²) in [6.07, 6.45) is 5.90. The monoisotopic (exact) mass is 298 g/mol. The van der Waals surface area contributed by atoms with Gasteiger partial charge in [0.15, 0.2) is 0 Å². The van der Waals surface area contributed by atoms with Gasteiger partial charge >= 0.3 is 0 Å². The van der Waals surface area contributed by atoms with E-state index in [-0.39, 0.29) is 23.7 Å². The summed E-state index contributed by atoms with van der Waals surface area (Å²) in [4.78, 5) is 20.2. The van der Waals surface area contributed by atoms with Gasteiger partial charge in [0.1, 0.15) is 5.82 Å². The van der Waals surface area contributed by atoms with Crippen LogP contribution in [-0.2, 0) is 10.2 Å². The van der Waals surface area contributed by atoms with E-state index in [4.69, 9.17) is 0 Å². The highest BCUT2D eigenvalue weighted by Crippen LogP contribution is 2.27. The number of halogens is 1. The molecule has 20 heavy (non-hydrogen) atoms. The number of carbonyl (C=O) groups excluding carboxylic acids is 1. The van der Waals surface area contributed by atoms with Gasteiger partial charge in [0.2, 0.25) is 5.91 Å². The second-order valence-corrected chi connectivity index (χ2v) is 6.17. The maximum absolute atomic E-state index is 11.7. The second-order valence-electron chi connectivity index (χ2n) is 6.17. The molecule has 1 fully saturated rings. The number of carbonyl (C=O) groups is 1. The van der Waals surface area contributed by atoms with Crippen LogP contribution in [0.1, 0.15) is 39.4 Å². The normalized spacial score (nSPS) is 14.6. The molecule has 1 aromatic rings. The van der Waals surface area contributed by atoms with Crippen LogP contribution < -0.4 is 10.6 Å². The standard InChI is InChI=1S/C14H22N4O.ClH/c1-14(2,3)13-16-7-11(8-17-13)18-12(19)9-15-6-10-4-5-10;/h7-8,10,15H,4-6,9H2,1-3H3,(H,18,19);1H. The third kappa shape index (κ3) is 5.43. The van der Waals surface area contributed by atoms with Crippen molar-refractivity contribution < 1.29 is 4.79 Å². The average molecular weight is 299 g/mol. The summed E-state index contributed by atoms with van der Waals surface area (Å²) in [5.74, 6) is 1.51. The van der Waals surface area contributed by atoms with Gasteiger partial charge in [-0.1, -0.05) is 20.8 Å². The third-order valence-corrected chi connectivity index (χ3v) is 3.02. The number of hydrogen-bond acceptors (Lipinski definition) is 4. The first-order chi connectivity index (χ1) is 8.95. The first kappa shape index (κ1) is 16.9. The van der Waals surface area contributed by atoms with Gasteiger partial charge in [-0.05, 0) is 25.3 Å². The number of rotatable bonds is 5. The van der Waals surface area contributed by atoms with E-state index in [1.807, 2.05) is 0 Å². The molecule has 1 aliphatic rings. The Morgan fingerprint density at radius 3 is 2.40 bits per heavy atom. The maximum atomic E-state index is 11.7. The van der Waals surface area contributed by atoms with Crippen molar-refractivity contribution in [2.45, 2.75) is 39.0 Å². The van der Waals surface area contributed by atoms with Gasteiger partial charge in [0.05, 0.1) is 24.6 Å². The number of hydrogen-bond donors (Lipinski definition) is 2. The third-order valence-electron chi connectivity index (χ3n) is 3.02. The highest BCUT2D eigenvalue weighted by atomic mass is 35.5. The van der Waals surface area contributed by atoms with Crippen LogP contribution in [0.15, 0.2) is 12.4 Å². The number of nitrogens with zero attached hydrogens (tertiary/aromatic N) is 2. The van der Waals surface area contributed by atoms with E-state index in [1.165, 1.54) is 12.8 Å². The van der Waals surface area contributed by atoms with Crippen LogP contribution in [-0.4, -0.2) is 29.0 Å². The molecule has 2 rings (SSSR count). The Bertz CT molecular complexity index is 437. The molecule has 5 nitrogen and oxygen atoms in total. The Hall–Kier alpha value is -1.20. The lowest BCUT2D eigenvalue weighted by Gasteiger charge is -2.16. The summed E-state index contributed by atoms with van der Waals surface area (Å²) in [5, 5.41) is 5.94. The number of amides is 1. The molecule has 1 aromatic heterocycles. The summed E-state index contributed by atoms with van der Waals surface area (Å²) in [5.41, 5.74) is 0.570. The molecule has 0 radical (unpaired) electrons. The van der Waals surface area contributed by atoms with Gasteiger partial charge in [-0.15, -0.1) is 12.4 Å². The highest BCUT2D eigenvalue weighted by Gasteiger charge is 2.20. The minimum absolute atomic E-state index is 0. The van der Waals surface area contributed by atoms with Crippen molar-refractivity contribution in [2.24, 2.45) is 5.92 Å². The van der Waals surface area contributed by atoms with E-state index < -0.39 is 0 Å². The Labute approximate surface area is 126 Å². The van der Waals surface area contributed by atoms with Crippen LogP contribution in [0.4, 0.5) is 5.69 Å². The minimum Gasteiger partial charge on any atom is -0.322 e. The number of nitrogens with one attached hydrogen (secondary N) is 2. The SMILES string of the molecule is CC(C)(C)c1ncc(NC(=O)CNCC2CC2)cn1.Cl. The molecule has 0 aliphatic heterocycles. The van der Waals surface area contributed by atoms with Crippen molar-refractivity contribution in [2.75, 3.05) is 18.4 Å². The first-order valence-corrected chi connectivity index (χ1v) is 6.78. The van der Waals surface area contributed by atoms with Crippen LogP contribution in [0.25, 0.3) is 0 Å². The van der Waals surface area contributed by atoms with E-state index >= 15 is 0 Å². The molecule has 0 bridgehead atoms. The largest absolute Gasteiger partial charge is 0.322 e. The van der Waals surface area contributed by atoms with Crippen LogP contribution in [0.3, 0.4) is 0 Å². The summed E-state index contributed by atoms with van der Waals surface area (Å²) < 4.78 is 0. The van der Waals surface area contributed by atoms with Crippen LogP contribution in [0.5, 0.6) is 0 Å². The number of aromatic nitrogens is 2. The lowest BCUT2D eigenvalue weighted by atomic mass is 9.96. The summed E-state index contributed by atoms with van der Waals surface area (Å²) in [6.45, 7) is 7.46. The molecule has 0 aromatic carbocycles. The first-order valence-electron chi connectivity index (χ1n) is 6.78. The highest BCUT2D eigenvalue weighted by molar-refractivity contribution is 5.91. The second kappa shape index (κ2) is 6.99. The molecule has 6 heteroatoms. The van der Waals surface area contributed by atoms with Gasteiger partial charge < -0.3 is 10.6 Å². The lowest BCUT2D eigenvalue weighted by molar-refractivity contribution is -0.115. The van der Waals surface area contributed by atoms with E-state index in [0.29, 0.717) is 12.2 Å². The smallest absolute Gasteiger partial charge is 0.238 e. The zero-order valence-corrected chi connectivity index (χ0v) is 13.1. The Balaban J connectivity index is 0.00000200. The predicted molar refractivity (Wildman–Crippen MR) is 82.2 cm³/mol. The van der Waals surface area contributed by atoms with Gasteiger partial charge in [-0.3, -0.25) is 4.79 Å². The number of anilines is 1. The minimum atomic E-state index is -0.0750. The van der Waals surface area contributed by atoms with E-state index in [9.17, 15) is 4.79 Å². The molecular formula is C14H23ClN4O. The topological polar surface area (TPSA) is 66.9 Å².